The molecule has 0 saturated carbocycles. The molecule has 0 radical (unpaired) electrons. The van der Waals surface area contributed by atoms with Crippen LogP contribution in [0.15, 0.2) is 232 Å². The Balaban J connectivity index is 1.22. The van der Waals surface area contributed by atoms with E-state index < -0.39 is 5.41 Å². The molecule has 0 aliphatic heterocycles. The average Bonchev–Trinajstić information content (AvgIpc) is 4.10. The van der Waals surface area contributed by atoms with Gasteiger partial charge in [-0.2, -0.15) is 0 Å². The number of anilines is 5. The topological polar surface area (TPSA) is 32.8 Å². The number of furan rings is 2. The van der Waals surface area contributed by atoms with Crippen molar-refractivity contribution in [1.82, 2.24) is 0 Å². The zero-order valence-electron chi connectivity index (χ0n) is 40.8. The first kappa shape index (κ1) is 43.0. The van der Waals surface area contributed by atoms with Crippen LogP contribution in [0.4, 0.5) is 28.4 Å². The van der Waals surface area contributed by atoms with Gasteiger partial charge in [0.2, 0.25) is 0 Å². The van der Waals surface area contributed by atoms with Crippen LogP contribution in [0.1, 0.15) is 75.1 Å². The smallest absolute Gasteiger partial charge is 0.159 e. The Kier molecular flexibility index (Phi) is 10.4. The van der Waals surface area contributed by atoms with Crippen molar-refractivity contribution < 1.29 is 8.83 Å². The highest BCUT2D eigenvalue weighted by Crippen LogP contribution is 2.65. The predicted molar refractivity (Wildman–Crippen MR) is 297 cm³/mol. The molecule has 0 spiro atoms. The first-order valence-electron chi connectivity index (χ1n) is 25.5. The summed E-state index contributed by atoms with van der Waals surface area (Å²) in [5, 5.41) is 4.34. The normalized spacial score (nSPS) is 17.4. The second-order valence-corrected chi connectivity index (χ2v) is 20.1. The summed E-state index contributed by atoms with van der Waals surface area (Å²) in [6.07, 6.45) is 17.3. The summed E-state index contributed by atoms with van der Waals surface area (Å²) in [5.41, 5.74) is 17.9. The van der Waals surface area contributed by atoms with Gasteiger partial charge in [-0.15, -0.1) is 0 Å². The molecule has 2 unspecified atom stereocenters. The Hall–Kier alpha value is -8.08. The molecule has 3 aliphatic rings. The van der Waals surface area contributed by atoms with Gasteiger partial charge >= 0.3 is 0 Å². The van der Waals surface area contributed by atoms with E-state index in [-0.39, 0.29) is 6.04 Å². The van der Waals surface area contributed by atoms with Gasteiger partial charge in [0.1, 0.15) is 16.7 Å². The van der Waals surface area contributed by atoms with Crippen molar-refractivity contribution in [2.45, 2.75) is 64.3 Å². The molecule has 2 aromatic heterocycles. The molecule has 4 heteroatoms. The van der Waals surface area contributed by atoms with Crippen LogP contribution in [0.3, 0.4) is 0 Å². The van der Waals surface area contributed by atoms with E-state index in [9.17, 15) is 0 Å². The van der Waals surface area contributed by atoms with Crippen molar-refractivity contribution in [1.29, 1.82) is 0 Å². The second-order valence-electron chi connectivity index (χ2n) is 20.1. The molecule has 2 atom stereocenters. The summed E-state index contributed by atoms with van der Waals surface area (Å²) >= 11 is 0. The van der Waals surface area contributed by atoms with E-state index in [0.29, 0.717) is 11.8 Å². The summed E-state index contributed by atoms with van der Waals surface area (Å²) < 4.78 is 14.8. The number of allylic oxidation sites excluding steroid dienone is 6. The SMILES string of the molecule is CC(C)C1=CCC(N(c2ccccc2)c2cc3c(c4c2oc2ccccc24)-c2c(cc(N(c4ccccc4)c4ccc(C(C)C)cc4)c4c2oc2ccccc24)C3(C2=CCCC=C2)c2ccccc2)C=C1. The lowest BCUT2D eigenvalue weighted by molar-refractivity contribution is 0.662. The number of rotatable bonds is 10. The van der Waals surface area contributed by atoms with Gasteiger partial charge in [0.25, 0.3) is 0 Å². The van der Waals surface area contributed by atoms with Crippen molar-refractivity contribution in [3.8, 4) is 11.1 Å². The molecule has 8 aromatic carbocycles. The van der Waals surface area contributed by atoms with Crippen LogP contribution in [0.25, 0.3) is 55.0 Å². The molecule has 4 nitrogen and oxygen atoms in total. The third-order valence-corrected chi connectivity index (χ3v) is 15.4. The number of hydrogen-bond acceptors (Lipinski definition) is 4. The first-order valence-corrected chi connectivity index (χ1v) is 25.5. The molecule has 0 bridgehead atoms. The van der Waals surface area contributed by atoms with Gasteiger partial charge < -0.3 is 18.6 Å². The number of fused-ring (bicyclic) bond motifs is 11. The Labute approximate surface area is 416 Å². The fraction of sp³-hybridized carbons (Fsp3) is 0.164. The van der Waals surface area contributed by atoms with Crippen LogP contribution in [0.2, 0.25) is 0 Å². The van der Waals surface area contributed by atoms with E-state index in [1.165, 1.54) is 33.4 Å². The van der Waals surface area contributed by atoms with Gasteiger partial charge in [-0.3, -0.25) is 0 Å². The van der Waals surface area contributed by atoms with Gasteiger partial charge in [-0.05, 0) is 125 Å². The molecular formula is C67H56N2O2. The number of benzene rings is 8. The molecule has 13 rings (SSSR count). The van der Waals surface area contributed by atoms with Crippen LogP contribution in [0.5, 0.6) is 0 Å². The molecule has 10 aromatic rings. The van der Waals surface area contributed by atoms with Crippen LogP contribution >= 0.6 is 0 Å². The van der Waals surface area contributed by atoms with Crippen molar-refractivity contribution in [3.63, 3.8) is 0 Å². The summed E-state index contributed by atoms with van der Waals surface area (Å²) in [7, 11) is 0. The lowest BCUT2D eigenvalue weighted by Gasteiger charge is -2.38. The summed E-state index contributed by atoms with van der Waals surface area (Å²) in [6.45, 7) is 9.09. The highest BCUT2D eigenvalue weighted by Gasteiger charge is 2.51. The van der Waals surface area contributed by atoms with E-state index in [2.05, 4.69) is 250 Å². The molecule has 0 amide bonds. The van der Waals surface area contributed by atoms with Crippen molar-refractivity contribution in [3.05, 3.63) is 246 Å². The lowest BCUT2D eigenvalue weighted by Crippen LogP contribution is -2.32. The number of nitrogens with zero attached hydrogens (tertiary/aromatic N) is 2. The standard InChI is InChI=1S/C67H56N2O2/c1-43(2)45-33-37-51(38-34-45)68(49-25-13-7-14-26-49)57-41-56-64(66-61(57)53-29-17-19-31-59(53)71-66)63-55(67(56,47-21-9-5-10-22-47)48-23-11-6-12-24-48)42-58(65-62(63)54-30-18-20-32-60(54)70-65)69(50-27-15-8-16-28-50)52-39-35-46(36-40-52)44(3)4/h5,7-11,13-39,41-44,52H,6,12,40H2,1-4H3. The fourth-order valence-electron chi connectivity index (χ4n) is 12.1. The third kappa shape index (κ3) is 6.72. The molecule has 0 N–H and O–H groups in total. The zero-order valence-corrected chi connectivity index (χ0v) is 40.8. The average molecular weight is 921 g/mol. The maximum Gasteiger partial charge on any atom is 0.159 e. The van der Waals surface area contributed by atoms with Gasteiger partial charge in [0.15, 0.2) is 5.58 Å². The van der Waals surface area contributed by atoms with Crippen molar-refractivity contribution in [2.75, 3.05) is 9.80 Å². The quantitative estimate of drug-likeness (QED) is 0.137. The molecule has 0 saturated heterocycles. The maximum atomic E-state index is 7.47. The highest BCUT2D eigenvalue weighted by molar-refractivity contribution is 6.25. The molecule has 3 aliphatic carbocycles. The minimum atomic E-state index is -0.772. The fourth-order valence-corrected chi connectivity index (χ4v) is 12.1. The lowest BCUT2D eigenvalue weighted by atomic mass is 9.66. The zero-order chi connectivity index (χ0) is 47.8. The van der Waals surface area contributed by atoms with Crippen LogP contribution < -0.4 is 9.80 Å². The van der Waals surface area contributed by atoms with Gasteiger partial charge in [-0.1, -0.05) is 179 Å². The van der Waals surface area contributed by atoms with Gasteiger partial charge in [0, 0.05) is 44.3 Å². The van der Waals surface area contributed by atoms with Crippen molar-refractivity contribution >= 4 is 72.3 Å². The van der Waals surface area contributed by atoms with Crippen molar-refractivity contribution in [2.24, 2.45) is 5.92 Å². The van der Waals surface area contributed by atoms with Crippen LogP contribution in [-0.2, 0) is 5.41 Å². The number of hydrogen-bond donors (Lipinski definition) is 0. The van der Waals surface area contributed by atoms with Crippen LogP contribution in [-0.4, -0.2) is 6.04 Å². The van der Waals surface area contributed by atoms with E-state index in [1.807, 2.05) is 0 Å². The summed E-state index contributed by atoms with van der Waals surface area (Å²) in [4.78, 5) is 5.00. The van der Waals surface area contributed by atoms with E-state index in [4.69, 9.17) is 8.83 Å². The minimum Gasteiger partial charge on any atom is -0.455 e. The third-order valence-electron chi connectivity index (χ3n) is 15.4. The number of para-hydroxylation sites is 4. The molecule has 0 fully saturated rings. The molecule has 71 heavy (non-hydrogen) atoms. The Morgan fingerprint density at radius 3 is 1.75 bits per heavy atom. The predicted octanol–water partition coefficient (Wildman–Crippen LogP) is 18.7. The van der Waals surface area contributed by atoms with Crippen LogP contribution in [0, 0.1) is 5.92 Å². The largest absolute Gasteiger partial charge is 0.455 e. The summed E-state index contributed by atoms with van der Waals surface area (Å²) in [5.74, 6) is 0.848. The Bertz CT molecular complexity index is 3790. The molecule has 346 valence electrons. The minimum absolute atomic E-state index is 0.0354. The Morgan fingerprint density at radius 2 is 1.11 bits per heavy atom. The monoisotopic (exact) mass is 920 g/mol. The van der Waals surface area contributed by atoms with E-state index in [0.717, 1.165) is 103 Å². The van der Waals surface area contributed by atoms with Gasteiger partial charge in [-0.25, -0.2) is 0 Å². The molecule has 2 heterocycles. The molecular weight excluding hydrogens is 865 g/mol. The van der Waals surface area contributed by atoms with E-state index in [1.54, 1.807) is 0 Å². The Morgan fingerprint density at radius 1 is 0.521 bits per heavy atom. The summed E-state index contributed by atoms with van der Waals surface area (Å²) in [6, 6.07) is 64.5. The first-order chi connectivity index (χ1) is 34.9. The highest BCUT2D eigenvalue weighted by atomic mass is 16.3. The maximum absolute atomic E-state index is 7.47. The van der Waals surface area contributed by atoms with E-state index >= 15 is 0 Å². The second kappa shape index (κ2) is 17.1. The van der Waals surface area contributed by atoms with Gasteiger partial charge in [0.05, 0.1) is 28.2 Å².